The zero-order chi connectivity index (χ0) is 10.3. The molecule has 1 unspecified atom stereocenters. The van der Waals surface area contributed by atoms with Crippen LogP contribution in [0.4, 0.5) is 0 Å². The highest BCUT2D eigenvalue weighted by Gasteiger charge is 2.23. The molecule has 1 aliphatic heterocycles. The highest BCUT2D eigenvalue weighted by atomic mass is 15.1. The molecule has 0 amide bonds. The van der Waals surface area contributed by atoms with E-state index in [1.807, 2.05) is 0 Å². The number of fused-ring (bicyclic) bond motifs is 3. The Morgan fingerprint density at radius 1 is 1.27 bits per heavy atom. The zero-order valence-electron chi connectivity index (χ0n) is 8.98. The van der Waals surface area contributed by atoms with E-state index in [4.69, 9.17) is 0 Å². The third-order valence-corrected chi connectivity index (χ3v) is 3.31. The maximum absolute atomic E-state index is 2.37. The molecule has 0 fully saturated rings. The fourth-order valence-electron chi connectivity index (χ4n) is 2.51. The molecule has 0 spiro atoms. The van der Waals surface area contributed by atoms with Crippen LogP contribution in [0.3, 0.4) is 0 Å². The Morgan fingerprint density at radius 2 is 2.13 bits per heavy atom. The van der Waals surface area contributed by atoms with Gasteiger partial charge in [-0.1, -0.05) is 42.5 Å². The van der Waals surface area contributed by atoms with Crippen LogP contribution in [-0.4, -0.2) is 25.0 Å². The van der Waals surface area contributed by atoms with Crippen molar-refractivity contribution < 1.29 is 0 Å². The van der Waals surface area contributed by atoms with E-state index in [-0.39, 0.29) is 0 Å². The van der Waals surface area contributed by atoms with Gasteiger partial charge in [-0.05, 0) is 23.7 Å². The van der Waals surface area contributed by atoms with Gasteiger partial charge in [0.2, 0.25) is 0 Å². The summed E-state index contributed by atoms with van der Waals surface area (Å²) in [7, 11) is 2.18. The van der Waals surface area contributed by atoms with Gasteiger partial charge in [0.25, 0.3) is 0 Å². The summed E-state index contributed by atoms with van der Waals surface area (Å²) in [4.78, 5) is 2.37. The minimum absolute atomic E-state index is 0.596. The summed E-state index contributed by atoms with van der Waals surface area (Å²) in [5.74, 6) is 0.596. The predicted octanol–water partition coefficient (Wildman–Crippen LogP) is 2.66. The number of benzene rings is 1. The molecule has 0 radical (unpaired) electrons. The van der Waals surface area contributed by atoms with Crippen molar-refractivity contribution in [1.29, 1.82) is 0 Å². The Kier molecular flexibility index (Phi) is 2.00. The second kappa shape index (κ2) is 3.35. The van der Waals surface area contributed by atoms with Gasteiger partial charge < -0.3 is 4.90 Å². The summed E-state index contributed by atoms with van der Waals surface area (Å²) in [6.07, 6.45) is 6.97. The Labute approximate surface area is 90.7 Å². The maximum atomic E-state index is 2.37. The largest absolute Gasteiger partial charge is 0.302 e. The number of hydrogen-bond acceptors (Lipinski definition) is 1. The lowest BCUT2D eigenvalue weighted by Crippen LogP contribution is -2.31. The monoisotopic (exact) mass is 197 g/mol. The first-order valence-corrected chi connectivity index (χ1v) is 5.51. The van der Waals surface area contributed by atoms with Crippen LogP contribution in [0.5, 0.6) is 0 Å². The van der Waals surface area contributed by atoms with Crippen LogP contribution >= 0.6 is 0 Å². The maximum Gasteiger partial charge on any atom is 0.0166 e. The van der Waals surface area contributed by atoms with Gasteiger partial charge in [-0.25, -0.2) is 0 Å². The van der Waals surface area contributed by atoms with Crippen LogP contribution in [0, 0.1) is 5.92 Å². The lowest BCUT2D eigenvalue weighted by molar-refractivity contribution is 0.342. The zero-order valence-corrected chi connectivity index (χ0v) is 8.98. The minimum Gasteiger partial charge on any atom is -0.302 e. The highest BCUT2D eigenvalue weighted by molar-refractivity contribution is 5.81. The highest BCUT2D eigenvalue weighted by Crippen LogP contribution is 2.35. The fourth-order valence-corrected chi connectivity index (χ4v) is 2.51. The second-order valence-corrected chi connectivity index (χ2v) is 4.43. The molecule has 0 aromatic heterocycles. The third kappa shape index (κ3) is 1.44. The molecular formula is C14H15N. The first-order chi connectivity index (χ1) is 7.34. The first-order valence-electron chi connectivity index (χ1n) is 5.51. The van der Waals surface area contributed by atoms with Crippen molar-refractivity contribution in [3.8, 4) is 0 Å². The molecule has 1 aliphatic carbocycles. The van der Waals surface area contributed by atoms with Crippen molar-refractivity contribution in [1.82, 2.24) is 4.90 Å². The van der Waals surface area contributed by atoms with E-state index in [1.165, 1.54) is 16.7 Å². The molecule has 0 saturated carbocycles. The molecular weight excluding hydrogens is 182 g/mol. The SMILES string of the molecule is CN1CC=C2c3ccccc3C=CC2C1. The third-order valence-electron chi connectivity index (χ3n) is 3.31. The van der Waals surface area contributed by atoms with E-state index < -0.39 is 0 Å². The standard InChI is InChI=1S/C14H15N/c1-15-9-8-14-12(10-15)7-6-11-4-2-3-5-13(11)14/h2-8,12H,9-10H2,1H3. The molecule has 1 nitrogen and oxygen atoms in total. The van der Waals surface area contributed by atoms with Crippen molar-refractivity contribution in [2.24, 2.45) is 5.92 Å². The van der Waals surface area contributed by atoms with Crippen molar-refractivity contribution in [3.63, 3.8) is 0 Å². The van der Waals surface area contributed by atoms with Crippen LogP contribution in [0.15, 0.2) is 36.4 Å². The molecule has 76 valence electrons. The van der Waals surface area contributed by atoms with Crippen molar-refractivity contribution in [2.45, 2.75) is 0 Å². The number of hydrogen-bond donors (Lipinski definition) is 0. The summed E-state index contributed by atoms with van der Waals surface area (Å²) < 4.78 is 0. The van der Waals surface area contributed by atoms with Gasteiger partial charge in [0.1, 0.15) is 0 Å². The predicted molar refractivity (Wildman–Crippen MR) is 64.4 cm³/mol. The van der Waals surface area contributed by atoms with E-state index in [1.54, 1.807) is 0 Å². The molecule has 1 aromatic rings. The van der Waals surface area contributed by atoms with E-state index in [9.17, 15) is 0 Å². The van der Waals surface area contributed by atoms with Gasteiger partial charge in [0, 0.05) is 19.0 Å². The topological polar surface area (TPSA) is 3.24 Å². The molecule has 1 heterocycles. The molecule has 15 heavy (non-hydrogen) atoms. The van der Waals surface area contributed by atoms with Gasteiger partial charge in [-0.2, -0.15) is 0 Å². The summed E-state index contributed by atoms with van der Waals surface area (Å²) in [5.41, 5.74) is 4.31. The summed E-state index contributed by atoms with van der Waals surface area (Å²) >= 11 is 0. The van der Waals surface area contributed by atoms with Gasteiger partial charge in [0.05, 0.1) is 0 Å². The van der Waals surface area contributed by atoms with E-state index >= 15 is 0 Å². The van der Waals surface area contributed by atoms with E-state index in [2.05, 4.69) is 54.4 Å². The average Bonchev–Trinajstić information content (AvgIpc) is 2.28. The molecule has 0 bridgehead atoms. The molecule has 1 atom stereocenters. The number of rotatable bonds is 0. The van der Waals surface area contributed by atoms with Crippen LogP contribution in [0.25, 0.3) is 11.6 Å². The lowest BCUT2D eigenvalue weighted by atomic mass is 9.82. The Balaban J connectivity index is 2.11. The van der Waals surface area contributed by atoms with Crippen LogP contribution in [0.2, 0.25) is 0 Å². The molecule has 1 heteroatoms. The van der Waals surface area contributed by atoms with E-state index in [0.717, 1.165) is 13.1 Å². The van der Waals surface area contributed by atoms with Gasteiger partial charge in [0.15, 0.2) is 0 Å². The Hall–Kier alpha value is -1.34. The number of nitrogens with zero attached hydrogens (tertiary/aromatic N) is 1. The average molecular weight is 197 g/mol. The molecule has 0 N–H and O–H groups in total. The molecule has 2 aliphatic rings. The lowest BCUT2D eigenvalue weighted by Gasteiger charge is -2.31. The molecule has 1 aromatic carbocycles. The van der Waals surface area contributed by atoms with Crippen LogP contribution in [-0.2, 0) is 0 Å². The Bertz CT molecular complexity index is 442. The van der Waals surface area contributed by atoms with Gasteiger partial charge in [-0.3, -0.25) is 0 Å². The summed E-state index contributed by atoms with van der Waals surface area (Å²) in [6, 6.07) is 8.68. The summed E-state index contributed by atoms with van der Waals surface area (Å²) in [6.45, 7) is 2.23. The van der Waals surface area contributed by atoms with Gasteiger partial charge in [-0.15, -0.1) is 0 Å². The number of likely N-dealkylation sites (N-methyl/N-ethyl adjacent to an activating group) is 1. The molecule has 0 saturated heterocycles. The smallest absolute Gasteiger partial charge is 0.0166 e. The summed E-state index contributed by atoms with van der Waals surface area (Å²) in [5, 5.41) is 0. The molecule has 3 rings (SSSR count). The van der Waals surface area contributed by atoms with Crippen molar-refractivity contribution in [2.75, 3.05) is 20.1 Å². The first kappa shape index (κ1) is 8.93. The van der Waals surface area contributed by atoms with Crippen LogP contribution < -0.4 is 0 Å². The minimum atomic E-state index is 0.596. The quantitative estimate of drug-likeness (QED) is 0.618. The van der Waals surface area contributed by atoms with Crippen LogP contribution in [0.1, 0.15) is 11.1 Å². The van der Waals surface area contributed by atoms with Crippen molar-refractivity contribution >= 4 is 11.6 Å². The van der Waals surface area contributed by atoms with Crippen molar-refractivity contribution in [3.05, 3.63) is 47.5 Å². The second-order valence-electron chi connectivity index (χ2n) is 4.43. The normalized spacial score (nSPS) is 24.3. The Morgan fingerprint density at radius 3 is 3.07 bits per heavy atom. The fraction of sp³-hybridized carbons (Fsp3) is 0.286. The van der Waals surface area contributed by atoms with Gasteiger partial charge >= 0.3 is 0 Å². The van der Waals surface area contributed by atoms with E-state index in [0.29, 0.717) is 5.92 Å².